The van der Waals surface area contributed by atoms with Crippen LogP contribution in [-0.2, 0) is 20.8 Å². The molecule has 1 heterocycles. The van der Waals surface area contributed by atoms with Crippen LogP contribution in [0.5, 0.6) is 0 Å². The maximum atomic E-state index is 12.6. The summed E-state index contributed by atoms with van der Waals surface area (Å²) in [5.74, 6) is 0. The van der Waals surface area contributed by atoms with Gasteiger partial charge < -0.3 is 5.11 Å². The molecule has 0 saturated carbocycles. The third kappa shape index (κ3) is 5.16. The number of likely N-dealkylation sites (tertiary alicyclic amines) is 1. The monoisotopic (exact) mass is 429 g/mol. The Morgan fingerprint density at radius 3 is 2.53 bits per heavy atom. The molecule has 3 atom stereocenters. The molecule has 30 heavy (non-hydrogen) atoms. The number of amides is 1. The van der Waals surface area contributed by atoms with Gasteiger partial charge in [0, 0.05) is 6.54 Å². The van der Waals surface area contributed by atoms with E-state index in [-0.39, 0.29) is 17.9 Å². The average Bonchev–Trinajstić information content (AvgIpc) is 3.13. The van der Waals surface area contributed by atoms with Crippen molar-refractivity contribution in [3.63, 3.8) is 0 Å². The average molecular weight is 429 g/mol. The van der Waals surface area contributed by atoms with Crippen LogP contribution in [0.1, 0.15) is 17.5 Å². The minimum absolute atomic E-state index is 0.0115. The minimum atomic E-state index is -4.04. The summed E-state index contributed by atoms with van der Waals surface area (Å²) < 4.78 is 30.5. The van der Waals surface area contributed by atoms with Crippen molar-refractivity contribution in [2.24, 2.45) is 0 Å². The van der Waals surface area contributed by atoms with Gasteiger partial charge in [-0.3, -0.25) is 14.4 Å². The third-order valence-corrected chi connectivity index (χ3v) is 6.39. The topological polar surface area (TPSA) is 120 Å². The Balaban J connectivity index is 1.71. The summed E-state index contributed by atoms with van der Waals surface area (Å²) in [5.41, 5.74) is 1.86. The molecule has 0 spiro atoms. The summed E-state index contributed by atoms with van der Waals surface area (Å²) >= 11 is 0. The highest BCUT2D eigenvalue weighted by molar-refractivity contribution is 7.86. The van der Waals surface area contributed by atoms with Crippen molar-refractivity contribution in [2.75, 3.05) is 6.54 Å². The van der Waals surface area contributed by atoms with Gasteiger partial charge in [0.2, 0.25) is 0 Å². The summed E-state index contributed by atoms with van der Waals surface area (Å²) in [5, 5.41) is 22.2. The molecule has 158 valence electrons. The van der Waals surface area contributed by atoms with E-state index in [9.17, 15) is 23.6 Å². The van der Waals surface area contributed by atoms with Crippen LogP contribution in [0.15, 0.2) is 59.5 Å². The van der Waals surface area contributed by atoms with Gasteiger partial charge in [-0.1, -0.05) is 48.0 Å². The molecule has 0 bridgehead atoms. The Bertz CT molecular complexity index is 1020. The van der Waals surface area contributed by atoms with Gasteiger partial charge in [-0.2, -0.15) is 13.7 Å². The van der Waals surface area contributed by atoms with Crippen molar-refractivity contribution in [1.29, 1.82) is 5.26 Å². The van der Waals surface area contributed by atoms with Crippen LogP contribution in [0.2, 0.25) is 0 Å². The van der Waals surface area contributed by atoms with E-state index in [2.05, 4.69) is 11.4 Å². The highest BCUT2D eigenvalue weighted by atomic mass is 32.2. The molecule has 2 aromatic rings. The highest BCUT2D eigenvalue weighted by Crippen LogP contribution is 2.26. The van der Waals surface area contributed by atoms with E-state index in [0.717, 1.165) is 16.0 Å². The smallest absolute Gasteiger partial charge is 0.407 e. The van der Waals surface area contributed by atoms with Crippen LogP contribution in [-0.4, -0.2) is 49.2 Å². The number of nitrogens with zero attached hydrogens (tertiary/aromatic N) is 2. The number of carbonyl (C=O) groups is 1. The second-order valence-corrected chi connectivity index (χ2v) is 8.77. The van der Waals surface area contributed by atoms with Gasteiger partial charge in [0.1, 0.15) is 6.04 Å². The molecule has 8 nitrogen and oxygen atoms in total. The Morgan fingerprint density at radius 1 is 1.27 bits per heavy atom. The van der Waals surface area contributed by atoms with Crippen molar-refractivity contribution in [3.05, 3.63) is 65.7 Å². The molecule has 1 fully saturated rings. The lowest BCUT2D eigenvalue weighted by Crippen LogP contribution is -2.47. The van der Waals surface area contributed by atoms with Crippen LogP contribution < -0.4 is 5.32 Å². The van der Waals surface area contributed by atoms with Crippen LogP contribution in [0.4, 0.5) is 4.79 Å². The van der Waals surface area contributed by atoms with E-state index in [1.807, 2.05) is 37.3 Å². The van der Waals surface area contributed by atoms with Crippen LogP contribution in [0.25, 0.3) is 0 Å². The van der Waals surface area contributed by atoms with E-state index < -0.39 is 34.4 Å². The number of nitrogens with one attached hydrogen (secondary N) is 1. The first-order valence-electron chi connectivity index (χ1n) is 9.46. The quantitative estimate of drug-likeness (QED) is 0.649. The largest absolute Gasteiger partial charge is 0.465 e. The number of carboxylic acid groups (broad SMARTS) is 1. The molecule has 0 aromatic heterocycles. The zero-order valence-electron chi connectivity index (χ0n) is 16.4. The molecule has 9 heteroatoms. The second-order valence-electron chi connectivity index (χ2n) is 7.20. The van der Waals surface area contributed by atoms with E-state index >= 15 is 0 Å². The van der Waals surface area contributed by atoms with Gasteiger partial charge in [0.15, 0.2) is 0 Å². The normalized spacial score (nSPS) is 19.9. The fourth-order valence-electron chi connectivity index (χ4n) is 3.46. The number of aryl methyl sites for hydroxylation is 1. The second kappa shape index (κ2) is 9.26. The van der Waals surface area contributed by atoms with Crippen molar-refractivity contribution in [2.45, 2.75) is 43.0 Å². The maximum Gasteiger partial charge on any atom is 0.407 e. The molecule has 1 aliphatic heterocycles. The lowest BCUT2D eigenvalue weighted by atomic mass is 10.1. The SMILES string of the molecule is Cc1ccc(S(=O)(=O)OC2C[C@H](C(C#N)NCc3ccccc3)N(C(=O)O)C2)cc1. The lowest BCUT2D eigenvalue weighted by molar-refractivity contribution is 0.130. The van der Waals surface area contributed by atoms with Crippen molar-refractivity contribution in [3.8, 4) is 6.07 Å². The summed E-state index contributed by atoms with van der Waals surface area (Å²) in [6, 6.07) is 16.2. The molecule has 0 aliphatic carbocycles. The van der Waals surface area contributed by atoms with Crippen molar-refractivity contribution >= 4 is 16.2 Å². The summed E-state index contributed by atoms with van der Waals surface area (Å²) in [6.07, 6.45) is -2.00. The Kier molecular flexibility index (Phi) is 6.72. The standard InChI is InChI=1S/C21H23N3O5S/c1-15-7-9-18(10-8-15)30(27,28)29-17-11-20(24(14-17)21(25)26)19(12-22)23-13-16-5-3-2-4-6-16/h2-10,17,19-20,23H,11,13-14H2,1H3,(H,25,26)/t17?,19?,20-/m1/s1. The number of rotatable bonds is 7. The van der Waals surface area contributed by atoms with Crippen molar-refractivity contribution < 1.29 is 22.5 Å². The van der Waals surface area contributed by atoms with Gasteiger partial charge in [-0.15, -0.1) is 0 Å². The van der Waals surface area contributed by atoms with Gasteiger partial charge in [0.25, 0.3) is 10.1 Å². The van der Waals surface area contributed by atoms with Crippen LogP contribution in [0.3, 0.4) is 0 Å². The first-order valence-corrected chi connectivity index (χ1v) is 10.9. The van der Waals surface area contributed by atoms with Gasteiger partial charge in [0.05, 0.1) is 29.7 Å². The fraction of sp³-hybridized carbons (Fsp3) is 0.333. The number of hydrogen-bond donors (Lipinski definition) is 2. The van der Waals surface area contributed by atoms with Crippen LogP contribution in [0, 0.1) is 18.3 Å². The number of benzene rings is 2. The number of hydrogen-bond acceptors (Lipinski definition) is 6. The van der Waals surface area contributed by atoms with E-state index in [1.54, 1.807) is 12.1 Å². The molecule has 0 radical (unpaired) electrons. The highest BCUT2D eigenvalue weighted by Gasteiger charge is 2.42. The third-order valence-electron chi connectivity index (χ3n) is 5.02. The molecule has 2 aromatic carbocycles. The summed E-state index contributed by atoms with van der Waals surface area (Å²) in [7, 11) is -4.04. The van der Waals surface area contributed by atoms with E-state index in [0.29, 0.717) is 6.54 Å². The predicted octanol–water partition coefficient (Wildman–Crippen LogP) is 2.50. The Hall–Kier alpha value is -2.93. The van der Waals surface area contributed by atoms with E-state index in [1.165, 1.54) is 12.1 Å². The number of nitriles is 1. The molecule has 2 N–H and O–H groups in total. The van der Waals surface area contributed by atoms with E-state index in [4.69, 9.17) is 4.18 Å². The Morgan fingerprint density at radius 2 is 1.93 bits per heavy atom. The molecule has 1 amide bonds. The molecule has 1 aliphatic rings. The van der Waals surface area contributed by atoms with Gasteiger partial charge in [-0.25, -0.2) is 4.79 Å². The fourth-order valence-corrected chi connectivity index (χ4v) is 4.54. The molecule has 3 rings (SSSR count). The first-order chi connectivity index (χ1) is 14.3. The Labute approximate surface area is 175 Å². The summed E-state index contributed by atoms with van der Waals surface area (Å²) in [4.78, 5) is 12.8. The maximum absolute atomic E-state index is 12.6. The van der Waals surface area contributed by atoms with Crippen LogP contribution >= 0.6 is 0 Å². The molecular weight excluding hydrogens is 406 g/mol. The molecule has 2 unspecified atom stereocenters. The van der Waals surface area contributed by atoms with Gasteiger partial charge >= 0.3 is 6.09 Å². The predicted molar refractivity (Wildman–Crippen MR) is 109 cm³/mol. The zero-order chi connectivity index (χ0) is 21.7. The summed E-state index contributed by atoms with van der Waals surface area (Å²) in [6.45, 7) is 2.10. The zero-order valence-corrected chi connectivity index (χ0v) is 17.2. The first kappa shape index (κ1) is 21.8. The lowest BCUT2D eigenvalue weighted by Gasteiger charge is -2.25. The van der Waals surface area contributed by atoms with Gasteiger partial charge in [-0.05, 0) is 31.0 Å². The molecular formula is C21H23N3O5S. The minimum Gasteiger partial charge on any atom is -0.465 e. The van der Waals surface area contributed by atoms with Crippen molar-refractivity contribution in [1.82, 2.24) is 10.2 Å². The molecule has 1 saturated heterocycles.